The first kappa shape index (κ1) is 21.3. The van der Waals surface area contributed by atoms with Gasteiger partial charge in [-0.25, -0.2) is 4.98 Å². The Labute approximate surface area is 175 Å². The van der Waals surface area contributed by atoms with Crippen LogP contribution < -0.4 is 15.5 Å². The minimum Gasteiger partial charge on any atom is -0.356 e. The van der Waals surface area contributed by atoms with Gasteiger partial charge in [-0.05, 0) is 57.6 Å². The fourth-order valence-corrected chi connectivity index (χ4v) is 3.73. The van der Waals surface area contributed by atoms with Crippen molar-refractivity contribution in [3.05, 3.63) is 23.9 Å². The second-order valence-electron chi connectivity index (χ2n) is 7.40. The highest BCUT2D eigenvalue weighted by Crippen LogP contribution is 2.34. The molecule has 5 nitrogen and oxygen atoms in total. The Morgan fingerprint density at radius 2 is 2.00 bits per heavy atom. The molecule has 1 aliphatic carbocycles. The Morgan fingerprint density at radius 1 is 1.23 bits per heavy atom. The van der Waals surface area contributed by atoms with Crippen molar-refractivity contribution in [2.75, 3.05) is 24.5 Å². The number of guanidine groups is 1. The summed E-state index contributed by atoms with van der Waals surface area (Å²) >= 11 is 0. The Hall–Kier alpha value is -1.05. The molecular formula is C20H34IN5. The largest absolute Gasteiger partial charge is 0.356 e. The molecule has 2 fully saturated rings. The second-order valence-corrected chi connectivity index (χ2v) is 7.40. The zero-order chi connectivity index (χ0) is 17.6. The molecule has 6 heteroatoms. The average Bonchev–Trinajstić information content (AvgIpc) is 3.33. The average molecular weight is 471 g/mol. The first-order chi connectivity index (χ1) is 12.2. The van der Waals surface area contributed by atoms with Crippen LogP contribution in [0.4, 0.5) is 5.82 Å². The molecule has 1 aromatic heterocycles. The lowest BCUT2D eigenvalue weighted by atomic mass is 10.1. The maximum Gasteiger partial charge on any atom is 0.191 e. The summed E-state index contributed by atoms with van der Waals surface area (Å²) in [7, 11) is 0. The summed E-state index contributed by atoms with van der Waals surface area (Å²) in [6.45, 7) is 9.36. The van der Waals surface area contributed by atoms with Gasteiger partial charge in [0.1, 0.15) is 5.82 Å². The van der Waals surface area contributed by atoms with Gasteiger partial charge in [-0.2, -0.15) is 0 Å². The lowest BCUT2D eigenvalue weighted by molar-refractivity contribution is 0.458. The highest BCUT2D eigenvalue weighted by molar-refractivity contribution is 14.0. The number of hydrogen-bond acceptors (Lipinski definition) is 3. The van der Waals surface area contributed by atoms with E-state index >= 15 is 0 Å². The molecule has 2 atom stereocenters. The molecule has 0 bridgehead atoms. The van der Waals surface area contributed by atoms with Crippen LogP contribution in [0.25, 0.3) is 0 Å². The van der Waals surface area contributed by atoms with Crippen LogP contribution in [0, 0.1) is 12.8 Å². The van der Waals surface area contributed by atoms with E-state index in [1.54, 1.807) is 0 Å². The summed E-state index contributed by atoms with van der Waals surface area (Å²) in [6, 6.07) is 7.41. The van der Waals surface area contributed by atoms with Gasteiger partial charge in [0.25, 0.3) is 0 Å². The van der Waals surface area contributed by atoms with Crippen molar-refractivity contribution in [3.63, 3.8) is 0 Å². The van der Waals surface area contributed by atoms with E-state index in [-0.39, 0.29) is 24.0 Å². The van der Waals surface area contributed by atoms with Gasteiger partial charge in [-0.3, -0.25) is 4.99 Å². The Balaban J connectivity index is 0.00000243. The third-order valence-electron chi connectivity index (χ3n) is 5.25. The van der Waals surface area contributed by atoms with Crippen LogP contribution in [0.15, 0.2) is 23.2 Å². The predicted molar refractivity (Wildman–Crippen MR) is 121 cm³/mol. The Morgan fingerprint density at radius 3 is 2.65 bits per heavy atom. The third-order valence-corrected chi connectivity index (χ3v) is 5.25. The molecule has 0 aromatic carbocycles. The maximum atomic E-state index is 4.66. The highest BCUT2D eigenvalue weighted by Gasteiger charge is 2.37. The summed E-state index contributed by atoms with van der Waals surface area (Å²) in [4.78, 5) is 11.7. The molecule has 1 aromatic rings. The van der Waals surface area contributed by atoms with Crippen molar-refractivity contribution in [2.24, 2.45) is 10.9 Å². The highest BCUT2D eigenvalue weighted by atomic mass is 127. The van der Waals surface area contributed by atoms with Crippen molar-refractivity contribution >= 4 is 35.8 Å². The normalized spacial score (nSPS) is 23.3. The van der Waals surface area contributed by atoms with Gasteiger partial charge in [0, 0.05) is 37.4 Å². The molecular weight excluding hydrogens is 437 g/mol. The molecule has 1 saturated carbocycles. The Bertz CT molecular complexity index is 583. The minimum atomic E-state index is 0. The first-order valence-electron chi connectivity index (χ1n) is 9.95. The van der Waals surface area contributed by atoms with Gasteiger partial charge in [-0.15, -0.1) is 24.0 Å². The van der Waals surface area contributed by atoms with Gasteiger partial charge in [0.15, 0.2) is 5.96 Å². The van der Waals surface area contributed by atoms with Crippen LogP contribution in [-0.4, -0.2) is 42.7 Å². The van der Waals surface area contributed by atoms with Gasteiger partial charge >= 0.3 is 0 Å². The molecule has 0 spiro atoms. The molecule has 146 valence electrons. The van der Waals surface area contributed by atoms with Crippen LogP contribution in [-0.2, 0) is 0 Å². The first-order valence-corrected chi connectivity index (χ1v) is 9.95. The molecule has 2 heterocycles. The predicted octanol–water partition coefficient (Wildman–Crippen LogP) is 3.72. The molecule has 2 N–H and O–H groups in total. The van der Waals surface area contributed by atoms with Crippen molar-refractivity contribution < 1.29 is 0 Å². The van der Waals surface area contributed by atoms with Crippen molar-refractivity contribution in [1.29, 1.82) is 0 Å². The Kier molecular flexibility index (Phi) is 8.44. The fraction of sp³-hybridized carbons (Fsp3) is 0.700. The zero-order valence-electron chi connectivity index (χ0n) is 16.4. The number of anilines is 1. The van der Waals surface area contributed by atoms with Crippen molar-refractivity contribution in [3.8, 4) is 0 Å². The fourth-order valence-electron chi connectivity index (χ4n) is 3.73. The second kappa shape index (κ2) is 10.3. The molecule has 0 amide bonds. The van der Waals surface area contributed by atoms with E-state index in [1.807, 2.05) is 0 Å². The molecule has 2 unspecified atom stereocenters. The van der Waals surface area contributed by atoms with E-state index < -0.39 is 0 Å². The lowest BCUT2D eigenvalue weighted by Gasteiger charge is -2.34. The molecule has 3 rings (SSSR count). The number of halogens is 1. The lowest BCUT2D eigenvalue weighted by Crippen LogP contribution is -2.49. The van der Waals surface area contributed by atoms with Crippen LogP contribution >= 0.6 is 24.0 Å². The molecule has 2 aliphatic rings. The summed E-state index contributed by atoms with van der Waals surface area (Å²) in [5, 5.41) is 7.30. The van der Waals surface area contributed by atoms with Gasteiger partial charge in [0.2, 0.25) is 0 Å². The zero-order valence-corrected chi connectivity index (χ0v) is 18.7. The summed E-state index contributed by atoms with van der Waals surface area (Å²) in [6.07, 6.45) is 6.17. The quantitative estimate of drug-likeness (QED) is 0.377. The monoisotopic (exact) mass is 471 g/mol. The summed E-state index contributed by atoms with van der Waals surface area (Å²) in [5.74, 6) is 2.97. The van der Waals surface area contributed by atoms with E-state index in [2.05, 4.69) is 64.5 Å². The maximum absolute atomic E-state index is 4.66. The van der Waals surface area contributed by atoms with E-state index in [1.165, 1.54) is 19.3 Å². The molecule has 1 saturated heterocycles. The van der Waals surface area contributed by atoms with Crippen molar-refractivity contribution in [2.45, 2.75) is 65.0 Å². The van der Waals surface area contributed by atoms with Crippen LogP contribution in [0.3, 0.4) is 0 Å². The molecule has 26 heavy (non-hydrogen) atoms. The summed E-state index contributed by atoms with van der Waals surface area (Å²) < 4.78 is 0. The van der Waals surface area contributed by atoms with E-state index in [0.717, 1.165) is 55.9 Å². The number of nitrogens with one attached hydrogen (secondary N) is 2. The number of nitrogens with zero attached hydrogens (tertiary/aromatic N) is 3. The standard InChI is InChI=1S/C20H33N5.HI/c1-4-7-16-14-18(16)24-20(21-5-2)23-17-10-12-25(13-11-17)19-9-6-8-15(3)22-19;/h6,8-9,16-18H,4-5,7,10-14H2,1-3H3,(H2,21,23,24);1H. The number of aliphatic imine (C=N–C) groups is 1. The van der Waals surface area contributed by atoms with Gasteiger partial charge < -0.3 is 15.5 Å². The van der Waals surface area contributed by atoms with Crippen molar-refractivity contribution in [1.82, 2.24) is 15.6 Å². The number of rotatable bonds is 6. The number of pyridine rings is 1. The van der Waals surface area contributed by atoms with Gasteiger partial charge in [0.05, 0.1) is 0 Å². The van der Waals surface area contributed by atoms with Gasteiger partial charge in [-0.1, -0.05) is 19.4 Å². The third kappa shape index (κ3) is 5.99. The minimum absolute atomic E-state index is 0. The van der Waals surface area contributed by atoms with E-state index in [9.17, 15) is 0 Å². The summed E-state index contributed by atoms with van der Waals surface area (Å²) in [5.41, 5.74) is 1.09. The molecule has 0 radical (unpaired) electrons. The topological polar surface area (TPSA) is 52.6 Å². The van der Waals surface area contributed by atoms with Crippen LogP contribution in [0.5, 0.6) is 0 Å². The smallest absolute Gasteiger partial charge is 0.191 e. The number of aryl methyl sites for hydroxylation is 1. The van der Waals surface area contributed by atoms with E-state index in [4.69, 9.17) is 0 Å². The SMILES string of the molecule is CCCC1CC1NC(=NCC)NC1CCN(c2cccc(C)n2)CC1.I. The number of piperidine rings is 1. The van der Waals surface area contributed by atoms with Crippen LogP contribution in [0.2, 0.25) is 0 Å². The van der Waals surface area contributed by atoms with E-state index in [0.29, 0.717) is 12.1 Å². The molecule has 1 aliphatic heterocycles. The number of hydrogen-bond donors (Lipinski definition) is 2. The number of aromatic nitrogens is 1. The van der Waals surface area contributed by atoms with Crippen LogP contribution in [0.1, 0.15) is 51.6 Å².